The van der Waals surface area contributed by atoms with Crippen molar-refractivity contribution in [3.8, 4) is 0 Å². The Labute approximate surface area is 98.9 Å². The molecular formula is C15H34. The van der Waals surface area contributed by atoms with E-state index in [1.165, 1.54) is 70.6 Å². The van der Waals surface area contributed by atoms with Crippen LogP contribution in [0.3, 0.4) is 0 Å². The van der Waals surface area contributed by atoms with E-state index in [9.17, 15) is 0 Å². The normalized spacial score (nSPS) is 9.60. The predicted octanol–water partition coefficient (Wildman–Crippen LogP) is 6.34. The molecule has 0 rings (SSSR count). The van der Waals surface area contributed by atoms with Crippen LogP contribution in [0.5, 0.6) is 0 Å². The molecule has 0 heterocycles. The summed E-state index contributed by atoms with van der Waals surface area (Å²) in [5.74, 6) is 0. The fraction of sp³-hybridized carbons (Fsp3) is 1.00. The van der Waals surface area contributed by atoms with E-state index in [4.69, 9.17) is 0 Å². The molecule has 15 heavy (non-hydrogen) atoms. The zero-order valence-corrected chi connectivity index (χ0v) is 11.8. The molecule has 0 saturated heterocycles. The van der Waals surface area contributed by atoms with E-state index in [2.05, 4.69) is 27.7 Å². The second-order valence-corrected chi connectivity index (χ2v) is 4.47. The van der Waals surface area contributed by atoms with Gasteiger partial charge in [0.1, 0.15) is 0 Å². The molecule has 0 heteroatoms. The maximum Gasteiger partial charge on any atom is -0.0533 e. The fourth-order valence-electron chi connectivity index (χ4n) is 1.53. The van der Waals surface area contributed by atoms with E-state index < -0.39 is 0 Å². The summed E-state index contributed by atoms with van der Waals surface area (Å²) in [5.41, 5.74) is 0. The Hall–Kier alpha value is 0. The van der Waals surface area contributed by atoms with Gasteiger partial charge in [-0.25, -0.2) is 0 Å². The molecule has 0 nitrogen and oxygen atoms in total. The number of unbranched alkanes of at least 4 members (excludes halogenated alkanes) is 9. The Morgan fingerprint density at radius 3 is 0.800 bits per heavy atom. The average Bonchev–Trinajstić information content (AvgIpc) is 2.27. The molecule has 94 valence electrons. The number of hydrogen-bond donors (Lipinski definition) is 0. The van der Waals surface area contributed by atoms with E-state index in [1.807, 2.05) is 0 Å². The predicted molar refractivity (Wildman–Crippen MR) is 73.5 cm³/mol. The molecule has 0 bridgehead atoms. The van der Waals surface area contributed by atoms with Crippen molar-refractivity contribution in [2.24, 2.45) is 0 Å². The van der Waals surface area contributed by atoms with Crippen LogP contribution in [0, 0.1) is 0 Å². The van der Waals surface area contributed by atoms with Crippen LogP contribution in [-0.4, -0.2) is 0 Å². The molecular weight excluding hydrogens is 180 g/mol. The Bertz CT molecular complexity index is 66.1. The first kappa shape index (κ1) is 17.4. The SMILES string of the molecule is CCCCCC.CCCCCCCCC. The summed E-state index contributed by atoms with van der Waals surface area (Å²) in [4.78, 5) is 0. The van der Waals surface area contributed by atoms with Crippen molar-refractivity contribution < 1.29 is 0 Å². The van der Waals surface area contributed by atoms with Gasteiger partial charge in [-0.3, -0.25) is 0 Å². The van der Waals surface area contributed by atoms with Crippen LogP contribution in [0.4, 0.5) is 0 Å². The van der Waals surface area contributed by atoms with Gasteiger partial charge < -0.3 is 0 Å². The molecule has 0 aromatic carbocycles. The maximum absolute atomic E-state index is 2.26. The van der Waals surface area contributed by atoms with Crippen LogP contribution >= 0.6 is 0 Å². The van der Waals surface area contributed by atoms with Gasteiger partial charge in [-0.2, -0.15) is 0 Å². The minimum Gasteiger partial charge on any atom is -0.0654 e. The van der Waals surface area contributed by atoms with Crippen molar-refractivity contribution in [2.75, 3.05) is 0 Å². The summed E-state index contributed by atoms with van der Waals surface area (Å²) < 4.78 is 0. The summed E-state index contributed by atoms with van der Waals surface area (Å²) in [6.45, 7) is 8.99. The lowest BCUT2D eigenvalue weighted by atomic mass is 10.1. The zero-order chi connectivity index (χ0) is 11.8. The smallest absolute Gasteiger partial charge is 0.0533 e. The van der Waals surface area contributed by atoms with Gasteiger partial charge in [-0.15, -0.1) is 0 Å². The largest absolute Gasteiger partial charge is 0.0654 e. The monoisotopic (exact) mass is 214 g/mol. The third-order valence-corrected chi connectivity index (χ3v) is 2.66. The minimum absolute atomic E-state index is 1.36. The molecule has 0 unspecified atom stereocenters. The van der Waals surface area contributed by atoms with Crippen LogP contribution in [0.15, 0.2) is 0 Å². The van der Waals surface area contributed by atoms with Crippen LogP contribution in [-0.2, 0) is 0 Å². The molecule has 0 fully saturated rings. The van der Waals surface area contributed by atoms with E-state index in [0.717, 1.165) is 0 Å². The van der Waals surface area contributed by atoms with Crippen LogP contribution in [0.1, 0.15) is 98.3 Å². The molecule has 0 saturated carbocycles. The van der Waals surface area contributed by atoms with Crippen molar-refractivity contribution in [2.45, 2.75) is 98.3 Å². The Kier molecular flexibility index (Phi) is 22.7. The van der Waals surface area contributed by atoms with Crippen molar-refractivity contribution in [3.05, 3.63) is 0 Å². The second kappa shape index (κ2) is 19.6. The molecule has 0 aliphatic rings. The first-order valence-electron chi connectivity index (χ1n) is 7.33. The van der Waals surface area contributed by atoms with E-state index >= 15 is 0 Å². The Morgan fingerprint density at radius 2 is 0.533 bits per heavy atom. The minimum atomic E-state index is 1.36. The van der Waals surface area contributed by atoms with Gasteiger partial charge in [-0.05, 0) is 0 Å². The fourth-order valence-corrected chi connectivity index (χ4v) is 1.53. The Morgan fingerprint density at radius 1 is 0.333 bits per heavy atom. The third-order valence-electron chi connectivity index (χ3n) is 2.66. The highest BCUT2D eigenvalue weighted by molar-refractivity contribution is 4.41. The van der Waals surface area contributed by atoms with Crippen molar-refractivity contribution >= 4 is 0 Å². The summed E-state index contributed by atoms with van der Waals surface area (Å²) in [6.07, 6.45) is 15.5. The molecule has 0 spiro atoms. The first-order valence-corrected chi connectivity index (χ1v) is 7.33. The molecule has 0 amide bonds. The summed E-state index contributed by atoms with van der Waals surface area (Å²) >= 11 is 0. The molecule has 0 atom stereocenters. The van der Waals surface area contributed by atoms with Gasteiger partial charge in [0.2, 0.25) is 0 Å². The summed E-state index contributed by atoms with van der Waals surface area (Å²) in [7, 11) is 0. The van der Waals surface area contributed by atoms with Gasteiger partial charge in [0.15, 0.2) is 0 Å². The standard InChI is InChI=1S/C9H20.C6H14/c1-3-5-7-9-8-6-4-2;1-3-5-6-4-2/h3-9H2,1-2H3;3-6H2,1-2H3. The lowest BCUT2D eigenvalue weighted by Crippen LogP contribution is -1.76. The highest BCUT2D eigenvalue weighted by Gasteiger charge is 1.85. The van der Waals surface area contributed by atoms with E-state index in [-0.39, 0.29) is 0 Å². The molecule has 0 aromatic heterocycles. The molecule has 0 aliphatic carbocycles. The van der Waals surface area contributed by atoms with E-state index in [1.54, 1.807) is 0 Å². The third kappa shape index (κ3) is 24.9. The highest BCUT2D eigenvalue weighted by Crippen LogP contribution is 2.05. The zero-order valence-electron chi connectivity index (χ0n) is 11.8. The van der Waals surface area contributed by atoms with Gasteiger partial charge >= 0.3 is 0 Å². The summed E-state index contributed by atoms with van der Waals surface area (Å²) in [6, 6.07) is 0. The van der Waals surface area contributed by atoms with Crippen LogP contribution in [0.25, 0.3) is 0 Å². The summed E-state index contributed by atoms with van der Waals surface area (Å²) in [5, 5.41) is 0. The highest BCUT2D eigenvalue weighted by atomic mass is 13.9. The maximum atomic E-state index is 2.26. The quantitative estimate of drug-likeness (QED) is 0.393. The van der Waals surface area contributed by atoms with Gasteiger partial charge in [0.25, 0.3) is 0 Å². The first-order chi connectivity index (χ1) is 7.33. The van der Waals surface area contributed by atoms with Crippen molar-refractivity contribution in [1.82, 2.24) is 0 Å². The van der Waals surface area contributed by atoms with Gasteiger partial charge in [0, 0.05) is 0 Å². The topological polar surface area (TPSA) is 0 Å². The van der Waals surface area contributed by atoms with Crippen molar-refractivity contribution in [1.29, 1.82) is 0 Å². The van der Waals surface area contributed by atoms with Crippen LogP contribution < -0.4 is 0 Å². The lowest BCUT2D eigenvalue weighted by Gasteiger charge is -1.96. The molecule has 0 aromatic rings. The van der Waals surface area contributed by atoms with Crippen LogP contribution in [0.2, 0.25) is 0 Å². The Balaban J connectivity index is 0. The molecule has 0 N–H and O–H groups in total. The average molecular weight is 214 g/mol. The van der Waals surface area contributed by atoms with E-state index in [0.29, 0.717) is 0 Å². The lowest BCUT2D eigenvalue weighted by molar-refractivity contribution is 0.602. The number of hydrogen-bond acceptors (Lipinski definition) is 0. The molecule has 0 aliphatic heterocycles. The van der Waals surface area contributed by atoms with Gasteiger partial charge in [-0.1, -0.05) is 98.3 Å². The molecule has 0 radical (unpaired) electrons. The van der Waals surface area contributed by atoms with Crippen molar-refractivity contribution in [3.63, 3.8) is 0 Å². The van der Waals surface area contributed by atoms with Gasteiger partial charge in [0.05, 0.1) is 0 Å². The number of rotatable bonds is 9. The second-order valence-electron chi connectivity index (χ2n) is 4.47.